The van der Waals surface area contributed by atoms with E-state index in [4.69, 9.17) is 16.3 Å². The molecule has 3 aliphatic rings. The molecule has 2 unspecified atom stereocenters. The lowest BCUT2D eigenvalue weighted by Crippen LogP contribution is -2.16. The molecule has 0 aliphatic heterocycles. The highest BCUT2D eigenvalue weighted by atomic mass is 35.5. The third-order valence-corrected chi connectivity index (χ3v) is 7.88. The predicted octanol–water partition coefficient (Wildman–Crippen LogP) is 7.17. The smallest absolute Gasteiger partial charge is 0.343 e. The highest BCUT2D eigenvalue weighted by Crippen LogP contribution is 2.46. The highest BCUT2D eigenvalue weighted by Gasteiger charge is 2.35. The van der Waals surface area contributed by atoms with Crippen LogP contribution in [-0.4, -0.2) is 22.4 Å². The number of benzene rings is 2. The number of carbonyl (C=O) groups is 2. The summed E-state index contributed by atoms with van der Waals surface area (Å²) < 4.78 is 5.84. The van der Waals surface area contributed by atoms with Gasteiger partial charge in [0.1, 0.15) is 5.76 Å². The van der Waals surface area contributed by atoms with Gasteiger partial charge in [-0.25, -0.2) is 9.59 Å². The summed E-state index contributed by atoms with van der Waals surface area (Å²) in [4.78, 5) is 24.4. The van der Waals surface area contributed by atoms with Crippen LogP contribution >= 0.6 is 11.6 Å². The second-order valence-electron chi connectivity index (χ2n) is 9.47. The van der Waals surface area contributed by atoms with Crippen molar-refractivity contribution in [3.8, 4) is 11.1 Å². The molecule has 1 saturated carbocycles. The Kier molecular flexibility index (Phi) is 6.18. The van der Waals surface area contributed by atoms with Crippen molar-refractivity contribution in [1.29, 1.82) is 0 Å². The predicted molar refractivity (Wildman–Crippen MR) is 133 cm³/mol. The number of halogens is 1. The first-order valence-electron chi connectivity index (χ1n) is 11.8. The number of alkyl halides is 1. The van der Waals surface area contributed by atoms with Gasteiger partial charge >= 0.3 is 11.9 Å². The molecule has 2 atom stereocenters. The number of carbonyl (C=O) groups excluding carboxylic acids is 1. The minimum absolute atomic E-state index is 0.199. The number of hydrogen-bond acceptors (Lipinski definition) is 3. The quantitative estimate of drug-likeness (QED) is 0.368. The fourth-order valence-corrected chi connectivity index (χ4v) is 5.72. The van der Waals surface area contributed by atoms with E-state index in [1.165, 1.54) is 36.8 Å². The van der Waals surface area contributed by atoms with Crippen LogP contribution in [0.1, 0.15) is 59.7 Å². The zero-order valence-corrected chi connectivity index (χ0v) is 19.8. The summed E-state index contributed by atoms with van der Waals surface area (Å²) in [7, 11) is 0. The van der Waals surface area contributed by atoms with Crippen LogP contribution in [0.4, 0.5) is 0 Å². The number of ether oxygens (including phenoxy) is 1. The van der Waals surface area contributed by atoms with E-state index < -0.39 is 11.9 Å². The van der Waals surface area contributed by atoms with Gasteiger partial charge in [0.15, 0.2) is 0 Å². The van der Waals surface area contributed by atoms with Gasteiger partial charge in [0, 0.05) is 0 Å². The number of allylic oxidation sites excluding steroid dienone is 5. The molecular weight excluding hydrogens is 448 g/mol. The van der Waals surface area contributed by atoms with E-state index in [2.05, 4.69) is 6.08 Å². The fourth-order valence-electron chi connectivity index (χ4n) is 5.40. The van der Waals surface area contributed by atoms with Crippen LogP contribution in [0.5, 0.6) is 0 Å². The third kappa shape index (κ3) is 4.35. The Morgan fingerprint density at radius 2 is 1.65 bits per heavy atom. The monoisotopic (exact) mass is 474 g/mol. The van der Waals surface area contributed by atoms with Crippen LogP contribution < -0.4 is 0 Å². The Morgan fingerprint density at radius 1 is 1.00 bits per heavy atom. The third-order valence-electron chi connectivity index (χ3n) is 7.32. The number of hydrogen-bond donors (Lipinski definition) is 1. The lowest BCUT2D eigenvalue weighted by molar-refractivity contribution is 0.0631. The summed E-state index contributed by atoms with van der Waals surface area (Å²) >= 11 is 6.80. The summed E-state index contributed by atoms with van der Waals surface area (Å²) in [6.07, 6.45) is 10.5. The zero-order valence-electron chi connectivity index (χ0n) is 19.1. The molecule has 0 spiro atoms. The van der Waals surface area contributed by atoms with Gasteiger partial charge in [-0.2, -0.15) is 0 Å². The Morgan fingerprint density at radius 3 is 2.32 bits per heavy atom. The number of carboxylic acid groups (broad SMARTS) is 1. The average Bonchev–Trinajstić information content (AvgIpc) is 3.53. The molecule has 0 saturated heterocycles. The van der Waals surface area contributed by atoms with Crippen molar-refractivity contribution in [1.82, 2.24) is 0 Å². The van der Waals surface area contributed by atoms with E-state index in [0.717, 1.165) is 29.0 Å². The fraction of sp³-hybridized carbons (Fsp3) is 0.310. The summed E-state index contributed by atoms with van der Waals surface area (Å²) in [5.41, 5.74) is 5.29. The molecule has 0 aromatic heterocycles. The van der Waals surface area contributed by atoms with E-state index in [0.29, 0.717) is 17.2 Å². The van der Waals surface area contributed by atoms with Crippen molar-refractivity contribution in [2.75, 3.05) is 0 Å². The number of esters is 1. The minimum Gasteiger partial charge on any atom is -0.478 e. The largest absolute Gasteiger partial charge is 0.478 e. The van der Waals surface area contributed by atoms with Gasteiger partial charge in [0.05, 0.1) is 16.5 Å². The van der Waals surface area contributed by atoms with Gasteiger partial charge in [-0.05, 0) is 96.2 Å². The zero-order chi connectivity index (χ0) is 23.8. The SMILES string of the molecule is CC1=C(OC(=O)c2cccc(-c3cccc(C(=O)O)c3)c2)C=C2CC(C3CCCC3)C=C2C1Cl. The van der Waals surface area contributed by atoms with E-state index in [9.17, 15) is 14.7 Å². The molecule has 0 amide bonds. The molecule has 0 bridgehead atoms. The van der Waals surface area contributed by atoms with E-state index in [1.54, 1.807) is 36.4 Å². The summed E-state index contributed by atoms with van der Waals surface area (Å²) in [5, 5.41) is 8.99. The molecular formula is C29H27ClO4. The molecule has 5 heteroatoms. The standard InChI is InChI=1S/C29H27ClO4/c1-17-26(16-24-14-23(15-25(24)27(17)30)18-6-2-3-7-18)34-29(33)22-11-5-9-20(13-22)19-8-4-10-21(12-19)28(31)32/h4-5,8-13,15-16,18,23,27H,2-3,6-7,14H2,1H3,(H,31,32). The van der Waals surface area contributed by atoms with Crippen molar-refractivity contribution in [2.45, 2.75) is 44.4 Å². The molecule has 2 aromatic carbocycles. The van der Waals surface area contributed by atoms with E-state index in [-0.39, 0.29) is 10.9 Å². The highest BCUT2D eigenvalue weighted by molar-refractivity contribution is 6.25. The molecule has 0 heterocycles. The van der Waals surface area contributed by atoms with E-state index in [1.807, 2.05) is 25.1 Å². The topological polar surface area (TPSA) is 63.6 Å². The van der Waals surface area contributed by atoms with Crippen LogP contribution in [0, 0.1) is 11.8 Å². The Hall–Kier alpha value is -3.11. The lowest BCUT2D eigenvalue weighted by Gasteiger charge is -2.22. The Bertz CT molecular complexity index is 1250. The second-order valence-corrected chi connectivity index (χ2v) is 9.91. The molecule has 34 heavy (non-hydrogen) atoms. The number of fused-ring (bicyclic) bond motifs is 1. The molecule has 0 radical (unpaired) electrons. The molecule has 2 aromatic rings. The van der Waals surface area contributed by atoms with Crippen LogP contribution in [0.2, 0.25) is 0 Å². The van der Waals surface area contributed by atoms with Gasteiger partial charge in [-0.3, -0.25) is 0 Å². The minimum atomic E-state index is -0.990. The maximum absolute atomic E-state index is 13.1. The van der Waals surface area contributed by atoms with Crippen molar-refractivity contribution < 1.29 is 19.4 Å². The first kappa shape index (κ1) is 22.7. The van der Waals surface area contributed by atoms with Crippen molar-refractivity contribution in [3.05, 3.63) is 94.3 Å². The van der Waals surface area contributed by atoms with E-state index >= 15 is 0 Å². The van der Waals surface area contributed by atoms with Crippen molar-refractivity contribution >= 4 is 23.5 Å². The number of carboxylic acids is 1. The van der Waals surface area contributed by atoms with Crippen LogP contribution in [0.25, 0.3) is 11.1 Å². The Balaban J connectivity index is 1.36. The number of rotatable bonds is 5. The lowest BCUT2D eigenvalue weighted by atomic mass is 9.89. The van der Waals surface area contributed by atoms with Gasteiger partial charge < -0.3 is 9.84 Å². The maximum Gasteiger partial charge on any atom is 0.343 e. The molecule has 1 fully saturated rings. The molecule has 3 aliphatic carbocycles. The number of aromatic carboxylic acids is 1. The van der Waals surface area contributed by atoms with Crippen LogP contribution in [0.15, 0.2) is 83.2 Å². The van der Waals surface area contributed by atoms with Gasteiger partial charge in [0.25, 0.3) is 0 Å². The molecule has 174 valence electrons. The van der Waals surface area contributed by atoms with Crippen LogP contribution in [-0.2, 0) is 4.74 Å². The van der Waals surface area contributed by atoms with Gasteiger partial charge in [-0.15, -0.1) is 11.6 Å². The molecule has 5 rings (SSSR count). The van der Waals surface area contributed by atoms with Crippen molar-refractivity contribution in [2.24, 2.45) is 11.8 Å². The van der Waals surface area contributed by atoms with Crippen LogP contribution in [0.3, 0.4) is 0 Å². The second kappa shape index (κ2) is 9.27. The van der Waals surface area contributed by atoms with Crippen molar-refractivity contribution in [3.63, 3.8) is 0 Å². The first-order chi connectivity index (χ1) is 16.4. The van der Waals surface area contributed by atoms with Gasteiger partial charge in [0.2, 0.25) is 0 Å². The average molecular weight is 475 g/mol. The maximum atomic E-state index is 13.1. The molecule has 1 N–H and O–H groups in total. The first-order valence-corrected chi connectivity index (χ1v) is 12.3. The van der Waals surface area contributed by atoms with Gasteiger partial charge in [-0.1, -0.05) is 43.2 Å². The molecule has 4 nitrogen and oxygen atoms in total. The summed E-state index contributed by atoms with van der Waals surface area (Å²) in [6, 6.07) is 13.7. The Labute approximate surface area is 204 Å². The summed E-state index contributed by atoms with van der Waals surface area (Å²) in [6.45, 7) is 1.92. The normalized spacial score (nSPS) is 22.3. The summed E-state index contributed by atoms with van der Waals surface area (Å²) in [5.74, 6) is 0.352.